The maximum atomic E-state index is 10.5. The van der Waals surface area contributed by atoms with Gasteiger partial charge in [-0.3, -0.25) is 9.78 Å². The molecule has 1 aromatic carbocycles. The molecule has 2 aromatic heterocycles. The molecule has 0 aliphatic carbocycles. The normalized spacial score (nSPS) is 10.4. The number of anilines is 1. The molecule has 1 amide bonds. The Labute approximate surface area is 132 Å². The van der Waals surface area contributed by atoms with Crippen molar-refractivity contribution in [3.63, 3.8) is 0 Å². The molecule has 0 atom stereocenters. The summed E-state index contributed by atoms with van der Waals surface area (Å²) in [5.74, 6) is 0. The van der Waals surface area contributed by atoms with Crippen molar-refractivity contribution < 1.29 is 4.79 Å². The van der Waals surface area contributed by atoms with Gasteiger partial charge in [0.25, 0.3) is 0 Å². The van der Waals surface area contributed by atoms with Crippen molar-refractivity contribution in [3.8, 4) is 22.4 Å². The Morgan fingerprint density at radius 1 is 1.18 bits per heavy atom. The van der Waals surface area contributed by atoms with Crippen molar-refractivity contribution in [2.45, 2.75) is 13.3 Å². The molecule has 110 valence electrons. The molecular formula is C17H15N3OS. The number of hydrogen-bond acceptors (Lipinski definition) is 4. The first kappa shape index (κ1) is 14.4. The van der Waals surface area contributed by atoms with Crippen LogP contribution in [0.1, 0.15) is 12.6 Å². The highest BCUT2D eigenvalue weighted by atomic mass is 32.1. The Hall–Kier alpha value is -2.53. The summed E-state index contributed by atoms with van der Waals surface area (Å²) < 4.78 is 0. The average molecular weight is 309 g/mol. The van der Waals surface area contributed by atoms with Crippen molar-refractivity contribution in [1.82, 2.24) is 9.97 Å². The van der Waals surface area contributed by atoms with Gasteiger partial charge >= 0.3 is 0 Å². The number of carbonyl (C=O) groups is 1. The molecule has 0 spiro atoms. The van der Waals surface area contributed by atoms with Gasteiger partial charge in [-0.1, -0.05) is 25.1 Å². The summed E-state index contributed by atoms with van der Waals surface area (Å²) in [6, 6.07) is 12.3. The maximum Gasteiger partial charge on any atom is 0.213 e. The maximum absolute atomic E-state index is 10.5. The van der Waals surface area contributed by atoms with Crippen molar-refractivity contribution in [2.75, 3.05) is 5.32 Å². The van der Waals surface area contributed by atoms with E-state index >= 15 is 0 Å². The van der Waals surface area contributed by atoms with Crippen LogP contribution in [0.5, 0.6) is 0 Å². The minimum atomic E-state index is 0.604. The average Bonchev–Trinajstić information content (AvgIpc) is 3.04. The predicted octanol–water partition coefficient (Wildman–Crippen LogP) is 4.00. The third kappa shape index (κ3) is 3.04. The number of rotatable bonds is 5. The van der Waals surface area contributed by atoms with E-state index in [1.165, 1.54) is 11.3 Å². The van der Waals surface area contributed by atoms with Gasteiger partial charge < -0.3 is 5.32 Å². The van der Waals surface area contributed by atoms with Gasteiger partial charge in [-0.25, -0.2) is 4.98 Å². The minimum absolute atomic E-state index is 0.604. The van der Waals surface area contributed by atoms with Crippen molar-refractivity contribution in [3.05, 3.63) is 53.7 Å². The first-order valence-electron chi connectivity index (χ1n) is 7.01. The number of benzene rings is 1. The standard InChI is InChI=1S/C17H15N3OS/c1-2-15-9-13(6-7-18-15)12-4-3-5-14(8-12)16-10-22-17(20-16)19-11-21/h3-11H,2H2,1H3,(H,19,20,21). The fourth-order valence-electron chi connectivity index (χ4n) is 2.23. The number of pyridine rings is 1. The highest BCUT2D eigenvalue weighted by Gasteiger charge is 2.06. The highest BCUT2D eigenvalue weighted by Crippen LogP contribution is 2.28. The van der Waals surface area contributed by atoms with Gasteiger partial charge in [0.05, 0.1) is 5.69 Å². The van der Waals surface area contributed by atoms with E-state index < -0.39 is 0 Å². The SMILES string of the molecule is CCc1cc(-c2cccc(-c3csc(NC=O)n3)c2)ccn1. The van der Waals surface area contributed by atoms with Gasteiger partial charge in [0.2, 0.25) is 6.41 Å². The molecule has 0 aliphatic heterocycles. The number of carbonyl (C=O) groups excluding carboxylic acids is 1. The van der Waals surface area contributed by atoms with Crippen molar-refractivity contribution >= 4 is 22.9 Å². The molecule has 3 aromatic rings. The number of aromatic nitrogens is 2. The fraction of sp³-hybridized carbons (Fsp3) is 0.118. The highest BCUT2D eigenvalue weighted by molar-refractivity contribution is 7.14. The predicted molar refractivity (Wildman–Crippen MR) is 89.8 cm³/mol. The van der Waals surface area contributed by atoms with Gasteiger partial charge in [0.15, 0.2) is 5.13 Å². The molecule has 0 saturated carbocycles. The Morgan fingerprint density at radius 2 is 2.00 bits per heavy atom. The van der Waals surface area contributed by atoms with Gasteiger partial charge in [-0.05, 0) is 35.7 Å². The largest absolute Gasteiger partial charge is 0.305 e. The van der Waals surface area contributed by atoms with E-state index in [9.17, 15) is 4.79 Å². The van der Waals surface area contributed by atoms with Gasteiger partial charge in [-0.15, -0.1) is 11.3 Å². The number of amides is 1. The molecule has 1 N–H and O–H groups in total. The van der Waals surface area contributed by atoms with E-state index in [0.29, 0.717) is 11.5 Å². The summed E-state index contributed by atoms with van der Waals surface area (Å²) in [5.41, 5.74) is 5.25. The quantitative estimate of drug-likeness (QED) is 0.725. The summed E-state index contributed by atoms with van der Waals surface area (Å²) in [7, 11) is 0. The van der Waals surface area contributed by atoms with Crippen LogP contribution in [0.4, 0.5) is 5.13 Å². The monoisotopic (exact) mass is 309 g/mol. The Morgan fingerprint density at radius 3 is 2.82 bits per heavy atom. The lowest BCUT2D eigenvalue weighted by atomic mass is 10.0. The van der Waals surface area contributed by atoms with Crippen molar-refractivity contribution in [2.24, 2.45) is 0 Å². The van der Waals surface area contributed by atoms with E-state index in [0.717, 1.165) is 34.5 Å². The molecule has 3 rings (SSSR count). The molecule has 22 heavy (non-hydrogen) atoms. The third-order valence-corrected chi connectivity index (χ3v) is 4.13. The molecule has 0 saturated heterocycles. The van der Waals surface area contributed by atoms with Crippen LogP contribution >= 0.6 is 11.3 Å². The van der Waals surface area contributed by atoms with Gasteiger partial charge in [-0.2, -0.15) is 0 Å². The number of nitrogens with zero attached hydrogens (tertiary/aromatic N) is 2. The Kier molecular flexibility index (Phi) is 4.25. The lowest BCUT2D eigenvalue weighted by molar-refractivity contribution is -0.105. The van der Waals surface area contributed by atoms with E-state index in [2.05, 4.69) is 40.4 Å². The van der Waals surface area contributed by atoms with Crippen molar-refractivity contribution in [1.29, 1.82) is 0 Å². The molecule has 0 bridgehead atoms. The van der Waals surface area contributed by atoms with E-state index in [1.807, 2.05) is 29.8 Å². The minimum Gasteiger partial charge on any atom is -0.305 e. The third-order valence-electron chi connectivity index (χ3n) is 3.36. The number of thiazole rings is 1. The van der Waals surface area contributed by atoms with Gasteiger partial charge in [0, 0.05) is 22.8 Å². The van der Waals surface area contributed by atoms with E-state index in [1.54, 1.807) is 0 Å². The Balaban J connectivity index is 1.96. The lowest BCUT2D eigenvalue weighted by Crippen LogP contribution is -1.92. The zero-order valence-electron chi connectivity index (χ0n) is 12.1. The molecule has 0 aliphatic rings. The second kappa shape index (κ2) is 6.49. The van der Waals surface area contributed by atoms with Crippen LogP contribution in [0.15, 0.2) is 48.0 Å². The molecule has 0 unspecified atom stereocenters. The second-order valence-corrected chi connectivity index (χ2v) is 5.63. The van der Waals surface area contributed by atoms with Crippen LogP contribution in [0.2, 0.25) is 0 Å². The van der Waals surface area contributed by atoms with Gasteiger partial charge in [0.1, 0.15) is 0 Å². The lowest BCUT2D eigenvalue weighted by Gasteiger charge is -2.05. The number of nitrogens with one attached hydrogen (secondary N) is 1. The van der Waals surface area contributed by atoms with Crippen LogP contribution in [0.25, 0.3) is 22.4 Å². The fourth-order valence-corrected chi connectivity index (χ4v) is 2.91. The first-order chi connectivity index (χ1) is 10.8. The topological polar surface area (TPSA) is 54.9 Å². The molecule has 4 nitrogen and oxygen atoms in total. The van der Waals surface area contributed by atoms with Crippen LogP contribution in [0.3, 0.4) is 0 Å². The molecule has 0 radical (unpaired) electrons. The zero-order valence-corrected chi connectivity index (χ0v) is 12.9. The Bertz CT molecular complexity index is 798. The summed E-state index contributed by atoms with van der Waals surface area (Å²) >= 11 is 1.41. The molecule has 5 heteroatoms. The van der Waals surface area contributed by atoms with Crippen LogP contribution < -0.4 is 5.32 Å². The summed E-state index contributed by atoms with van der Waals surface area (Å²) in [6.07, 6.45) is 3.40. The second-order valence-electron chi connectivity index (χ2n) is 4.77. The number of aryl methyl sites for hydroxylation is 1. The van der Waals surface area contributed by atoms with Crippen LogP contribution in [0, 0.1) is 0 Å². The van der Waals surface area contributed by atoms with Crippen LogP contribution in [-0.4, -0.2) is 16.4 Å². The zero-order chi connectivity index (χ0) is 15.4. The summed E-state index contributed by atoms with van der Waals surface area (Å²) in [5, 5.41) is 5.12. The molecular weight excluding hydrogens is 294 g/mol. The van der Waals surface area contributed by atoms with E-state index in [-0.39, 0.29) is 0 Å². The molecule has 0 fully saturated rings. The van der Waals surface area contributed by atoms with Crippen LogP contribution in [-0.2, 0) is 11.2 Å². The summed E-state index contributed by atoms with van der Waals surface area (Å²) in [4.78, 5) is 19.2. The first-order valence-corrected chi connectivity index (χ1v) is 7.89. The summed E-state index contributed by atoms with van der Waals surface area (Å²) in [6.45, 7) is 2.10. The molecule has 2 heterocycles. The number of hydrogen-bond donors (Lipinski definition) is 1. The van der Waals surface area contributed by atoms with E-state index in [4.69, 9.17) is 0 Å². The smallest absolute Gasteiger partial charge is 0.213 e.